The number of carboxylic acid groups (broad SMARTS) is 1. The fourth-order valence-corrected chi connectivity index (χ4v) is 4.48. The van der Waals surface area contributed by atoms with E-state index in [1.54, 1.807) is 12.1 Å². The summed E-state index contributed by atoms with van der Waals surface area (Å²) in [5.41, 5.74) is 6.23. The lowest BCUT2D eigenvalue weighted by molar-refractivity contribution is -0.142. The number of aliphatic carboxylic acids is 1. The van der Waals surface area contributed by atoms with Crippen molar-refractivity contribution >= 4 is 46.8 Å². The molecule has 0 aliphatic heterocycles. The van der Waals surface area contributed by atoms with E-state index in [2.05, 4.69) is 5.32 Å². The summed E-state index contributed by atoms with van der Waals surface area (Å²) in [5.74, 6) is -2.59. The molecule has 3 atom stereocenters. The van der Waals surface area contributed by atoms with Gasteiger partial charge in [0.25, 0.3) is 0 Å². The summed E-state index contributed by atoms with van der Waals surface area (Å²) < 4.78 is 5.97. The molecule has 0 spiro atoms. The van der Waals surface area contributed by atoms with Gasteiger partial charge >= 0.3 is 5.97 Å². The lowest BCUT2D eigenvalue weighted by Gasteiger charge is -2.18. The minimum absolute atomic E-state index is 0.0769. The van der Waals surface area contributed by atoms with E-state index in [1.807, 2.05) is 30.3 Å². The molecule has 3 rings (SSSR count). The molecule has 0 aromatic heterocycles. The van der Waals surface area contributed by atoms with E-state index in [-0.39, 0.29) is 41.2 Å². The van der Waals surface area contributed by atoms with Gasteiger partial charge in [-0.25, -0.2) is 4.79 Å². The van der Waals surface area contributed by atoms with E-state index in [0.717, 1.165) is 5.56 Å². The van der Waals surface area contributed by atoms with Crippen LogP contribution in [0.5, 0.6) is 5.75 Å². The molecular weight excluding hydrogens is 495 g/mol. The first-order valence-corrected chi connectivity index (χ1v) is 11.9. The molecule has 35 heavy (non-hydrogen) atoms. The Morgan fingerprint density at radius 1 is 1.06 bits per heavy atom. The van der Waals surface area contributed by atoms with Gasteiger partial charge in [0.15, 0.2) is 5.78 Å². The van der Waals surface area contributed by atoms with E-state index >= 15 is 0 Å². The summed E-state index contributed by atoms with van der Waals surface area (Å²) >= 11 is 12.8. The number of carboxylic acids is 1. The van der Waals surface area contributed by atoms with Crippen LogP contribution < -0.4 is 15.8 Å². The lowest BCUT2D eigenvalue weighted by Crippen LogP contribution is -2.43. The normalized spacial score (nSPS) is 18.0. The van der Waals surface area contributed by atoms with Crippen molar-refractivity contribution in [3.05, 3.63) is 63.6 Å². The number of ketones is 1. The predicted molar refractivity (Wildman–Crippen MR) is 131 cm³/mol. The van der Waals surface area contributed by atoms with Crippen LogP contribution in [0.15, 0.2) is 42.5 Å². The fraction of sp³-hybridized carbons (Fsp3) is 0.360. The molecule has 0 unspecified atom stereocenters. The molecule has 2 amide bonds. The average Bonchev–Trinajstić information content (AvgIpc) is 3.28. The van der Waals surface area contributed by atoms with Gasteiger partial charge in [0.05, 0.1) is 11.1 Å². The highest BCUT2D eigenvalue weighted by atomic mass is 35.5. The minimum atomic E-state index is -1.23. The molecular formula is C25H26Cl2N2O6. The average molecular weight is 521 g/mol. The molecule has 0 saturated heterocycles. The highest BCUT2D eigenvalue weighted by Crippen LogP contribution is 2.38. The van der Waals surface area contributed by atoms with Crippen LogP contribution in [0.3, 0.4) is 0 Å². The fourth-order valence-electron chi connectivity index (χ4n) is 4.01. The summed E-state index contributed by atoms with van der Waals surface area (Å²) in [6.45, 7) is 0. The summed E-state index contributed by atoms with van der Waals surface area (Å²) in [6, 6.07) is 11.3. The number of carbonyl (C=O) groups excluding carboxylic acids is 3. The van der Waals surface area contributed by atoms with Crippen molar-refractivity contribution in [2.45, 2.75) is 50.7 Å². The predicted octanol–water partition coefficient (Wildman–Crippen LogP) is 3.80. The van der Waals surface area contributed by atoms with Crippen molar-refractivity contribution in [3.63, 3.8) is 0 Å². The van der Waals surface area contributed by atoms with Gasteiger partial charge in [-0.05, 0) is 43.4 Å². The Morgan fingerprint density at radius 2 is 1.77 bits per heavy atom. The Morgan fingerprint density at radius 3 is 2.43 bits per heavy atom. The molecule has 0 radical (unpaired) electrons. The maximum absolute atomic E-state index is 12.7. The molecule has 186 valence electrons. The number of nitrogens with two attached hydrogens (primary N) is 1. The standard InChI is InChI=1S/C25H26Cl2N2O6/c26-22-17(19(30)12-14-4-2-1-3-5-14)8-10-20(23(22)27)35-16-7-6-15(13-16)24(32)29-18(25(33)34)9-11-21(28)31/h1-5,8,10,15-16,18H,6-7,9,11-13H2,(H2,28,31)(H,29,32)(H,33,34)/t15-,16-,18-/m0/s1. The van der Waals surface area contributed by atoms with Crippen molar-refractivity contribution in [2.24, 2.45) is 11.7 Å². The van der Waals surface area contributed by atoms with Crippen LogP contribution in [-0.2, 0) is 20.8 Å². The zero-order valence-corrected chi connectivity index (χ0v) is 20.3. The van der Waals surface area contributed by atoms with E-state index in [9.17, 15) is 24.3 Å². The molecule has 1 fully saturated rings. The third kappa shape index (κ3) is 7.19. The molecule has 2 aromatic carbocycles. The van der Waals surface area contributed by atoms with Gasteiger partial charge in [0, 0.05) is 24.3 Å². The van der Waals surface area contributed by atoms with Gasteiger partial charge in [0.1, 0.15) is 16.8 Å². The maximum atomic E-state index is 12.7. The molecule has 8 nitrogen and oxygen atoms in total. The zero-order valence-electron chi connectivity index (χ0n) is 18.8. The molecule has 1 saturated carbocycles. The van der Waals surface area contributed by atoms with Crippen LogP contribution in [-0.4, -0.2) is 40.8 Å². The van der Waals surface area contributed by atoms with Gasteiger partial charge in [-0.2, -0.15) is 0 Å². The van der Waals surface area contributed by atoms with Gasteiger partial charge in [0.2, 0.25) is 11.8 Å². The van der Waals surface area contributed by atoms with Crippen molar-refractivity contribution in [3.8, 4) is 5.75 Å². The smallest absolute Gasteiger partial charge is 0.326 e. The molecule has 4 N–H and O–H groups in total. The zero-order chi connectivity index (χ0) is 25.5. The number of hydrogen-bond acceptors (Lipinski definition) is 5. The first-order valence-electron chi connectivity index (χ1n) is 11.2. The SMILES string of the molecule is NC(=O)CC[C@H](NC(=O)[C@H]1CC[C@H](Oc2ccc(C(=O)Cc3ccccc3)c(Cl)c2Cl)C1)C(=O)O. The Kier molecular flexibility index (Phi) is 9.12. The van der Waals surface area contributed by atoms with Crippen molar-refractivity contribution in [1.29, 1.82) is 0 Å². The van der Waals surface area contributed by atoms with Crippen LogP contribution >= 0.6 is 23.2 Å². The van der Waals surface area contributed by atoms with E-state index < -0.39 is 29.7 Å². The number of benzene rings is 2. The van der Waals surface area contributed by atoms with Gasteiger partial charge in [-0.15, -0.1) is 0 Å². The van der Waals surface area contributed by atoms with Crippen molar-refractivity contribution < 1.29 is 29.0 Å². The molecule has 2 aromatic rings. The molecule has 0 bridgehead atoms. The summed E-state index contributed by atoms with van der Waals surface area (Å²) in [6.07, 6.45) is 1.05. The largest absolute Gasteiger partial charge is 0.489 e. The monoisotopic (exact) mass is 520 g/mol. The Labute approximate surface area is 212 Å². The topological polar surface area (TPSA) is 136 Å². The van der Waals surface area contributed by atoms with Crippen LogP contribution in [0.2, 0.25) is 10.0 Å². The molecule has 1 aliphatic rings. The number of Topliss-reactive ketones (excluding diaryl/α,β-unsaturated/α-hetero) is 1. The quantitative estimate of drug-likeness (QED) is 0.385. The van der Waals surface area contributed by atoms with Crippen molar-refractivity contribution in [1.82, 2.24) is 5.32 Å². The number of primary amides is 1. The molecule has 1 aliphatic carbocycles. The Balaban J connectivity index is 1.59. The minimum Gasteiger partial charge on any atom is -0.489 e. The Bertz CT molecular complexity index is 1110. The third-order valence-electron chi connectivity index (χ3n) is 5.90. The summed E-state index contributed by atoms with van der Waals surface area (Å²) in [7, 11) is 0. The first kappa shape index (κ1) is 26.5. The van der Waals surface area contributed by atoms with Gasteiger partial charge < -0.3 is 20.9 Å². The number of halogens is 2. The number of rotatable bonds is 11. The number of amides is 2. The van der Waals surface area contributed by atoms with Crippen LogP contribution in [0, 0.1) is 5.92 Å². The van der Waals surface area contributed by atoms with Gasteiger partial charge in [-0.1, -0.05) is 53.5 Å². The van der Waals surface area contributed by atoms with Crippen LogP contribution in [0.1, 0.15) is 48.0 Å². The highest BCUT2D eigenvalue weighted by molar-refractivity contribution is 6.44. The second-order valence-corrected chi connectivity index (χ2v) is 9.23. The van der Waals surface area contributed by atoms with E-state index in [1.165, 1.54) is 0 Å². The summed E-state index contributed by atoms with van der Waals surface area (Å²) in [4.78, 5) is 47.6. The second-order valence-electron chi connectivity index (χ2n) is 8.48. The molecule has 10 heteroatoms. The number of hydrogen-bond donors (Lipinski definition) is 3. The van der Waals surface area contributed by atoms with Crippen LogP contribution in [0.4, 0.5) is 0 Å². The van der Waals surface area contributed by atoms with Gasteiger partial charge in [-0.3, -0.25) is 14.4 Å². The third-order valence-corrected chi connectivity index (χ3v) is 6.76. The number of nitrogens with one attached hydrogen (secondary N) is 1. The second kappa shape index (κ2) is 12.0. The van der Waals surface area contributed by atoms with E-state index in [4.69, 9.17) is 33.7 Å². The Hall–Kier alpha value is -3.10. The first-order chi connectivity index (χ1) is 16.7. The molecule has 0 heterocycles. The number of ether oxygens (including phenoxy) is 1. The summed E-state index contributed by atoms with van der Waals surface area (Å²) in [5, 5.41) is 12.0. The highest BCUT2D eigenvalue weighted by Gasteiger charge is 2.34. The number of carbonyl (C=O) groups is 4. The lowest BCUT2D eigenvalue weighted by atomic mass is 10.0. The maximum Gasteiger partial charge on any atom is 0.326 e. The van der Waals surface area contributed by atoms with Crippen molar-refractivity contribution in [2.75, 3.05) is 0 Å². The van der Waals surface area contributed by atoms with Crippen LogP contribution in [0.25, 0.3) is 0 Å². The van der Waals surface area contributed by atoms with E-state index in [0.29, 0.717) is 30.6 Å².